The quantitative estimate of drug-likeness (QED) is 0.0148. The van der Waals surface area contributed by atoms with Crippen LogP contribution in [0.2, 0.25) is 0 Å². The van der Waals surface area contributed by atoms with Gasteiger partial charge in [0.25, 0.3) is 84.3 Å². The molecule has 109 heavy (non-hydrogen) atoms. The van der Waals surface area contributed by atoms with Crippen LogP contribution in [0.25, 0.3) is 21.5 Å². The number of methoxy groups -OCH3 is 1. The first kappa shape index (κ1) is 85.5. The van der Waals surface area contributed by atoms with E-state index in [0.717, 1.165) is 25.0 Å². The molecule has 8 aromatic carbocycles. The van der Waals surface area contributed by atoms with Crippen LogP contribution >= 0.6 is 0 Å². The van der Waals surface area contributed by atoms with Gasteiger partial charge >= 0.3 is 12.0 Å². The first-order valence-corrected chi connectivity index (χ1v) is 40.2. The van der Waals surface area contributed by atoms with Gasteiger partial charge in [-0.15, -0.1) is 0 Å². The number of unbranched alkanes of at least 4 members (excludes halogenated alkanes) is 2. The lowest BCUT2D eigenvalue weighted by Crippen LogP contribution is -2.51. The lowest BCUT2D eigenvalue weighted by Gasteiger charge is -2.22. The third-order valence-corrected chi connectivity index (χ3v) is 21.1. The van der Waals surface area contributed by atoms with Crippen LogP contribution in [-0.2, 0) is 79.8 Å². The molecule has 0 saturated carbocycles. The zero-order valence-electron chi connectivity index (χ0n) is 57.4. The fourth-order valence-corrected chi connectivity index (χ4v) is 14.7. The van der Waals surface area contributed by atoms with E-state index in [1.165, 1.54) is 99.0 Å². The average Bonchev–Trinajstić information content (AvgIpc) is 0.745. The Morgan fingerprint density at radius 2 is 0.752 bits per heavy atom. The van der Waals surface area contributed by atoms with E-state index in [4.69, 9.17) is 16.2 Å². The van der Waals surface area contributed by atoms with Gasteiger partial charge in [-0.1, -0.05) is 24.3 Å². The summed E-state index contributed by atoms with van der Waals surface area (Å²) in [5, 5.41) is 17.0. The van der Waals surface area contributed by atoms with E-state index in [1.807, 2.05) is 0 Å². The van der Waals surface area contributed by atoms with Crippen LogP contribution in [0.5, 0.6) is 0 Å². The average molecular weight is 1630 g/mol. The van der Waals surface area contributed by atoms with Gasteiger partial charge in [-0.25, -0.2) is 9.59 Å². The Kier molecular flexibility index (Phi) is 27.5. The van der Waals surface area contributed by atoms with Crippen molar-refractivity contribution in [3.63, 3.8) is 0 Å². The van der Waals surface area contributed by atoms with Gasteiger partial charge in [0.1, 0.15) is 31.7 Å². The first-order chi connectivity index (χ1) is 50.7. The number of carbonyl (C=O) groups is 8. The number of rotatable bonds is 28. The summed E-state index contributed by atoms with van der Waals surface area (Å²) in [7, 11) is -30.6. The molecule has 582 valence electrons. The molecule has 43 heteroatoms. The second-order valence-electron chi connectivity index (χ2n) is 23.8. The molecule has 37 nitrogen and oxygen atoms in total. The molecule has 2 unspecified atom stereocenters. The molecule has 8 aromatic rings. The fourth-order valence-electron chi connectivity index (χ4n) is 10.7. The number of esters is 1. The number of benzene rings is 8. The minimum absolute atomic E-state index is 0.0223. The fraction of sp³-hybridized carbons (Fsp3) is 0.212. The number of amides is 8. The Balaban J connectivity index is 0.000000618. The molecule has 0 radical (unpaired) electrons. The van der Waals surface area contributed by atoms with Crippen LogP contribution < -0.4 is 54.0 Å². The number of hydrogen-bond donors (Lipinski definition) is 16. The zero-order chi connectivity index (χ0) is 81.1. The number of ether oxygens (including phenoxy) is 1. The van der Waals surface area contributed by atoms with Gasteiger partial charge in [-0.2, -0.15) is 50.5 Å². The van der Waals surface area contributed by atoms with E-state index in [1.54, 1.807) is 13.8 Å². The van der Waals surface area contributed by atoms with Gasteiger partial charge in [0, 0.05) is 73.5 Å². The van der Waals surface area contributed by atoms with Crippen molar-refractivity contribution in [2.24, 2.45) is 11.5 Å². The minimum Gasteiger partial charge on any atom is -0.467 e. The molecule has 0 saturated heterocycles. The number of carbonyl (C=O) groups excluding carboxylic acids is 8. The van der Waals surface area contributed by atoms with E-state index >= 15 is 0 Å². The van der Waals surface area contributed by atoms with E-state index in [9.17, 15) is 116 Å². The van der Waals surface area contributed by atoms with E-state index in [2.05, 4.69) is 42.5 Å². The molecule has 8 amide bonds. The predicted octanol–water partition coefficient (Wildman–Crippen LogP) is 6.15. The SMILES string of the molecule is COC(=O)C(CCCCN)NC(=O)C(CCCCN)NC(C)=O.Cc1ccc(C(=O)Nc2ccc(S(=O)(=O)O)c3cc(S(=O)(=O)O)cc(S(=O)(=O)O)c23)cc1NC(=O)c1cccc(NC(=O)Nc2cccc(C(=O)Nc3cc(C(=O)Nc4ccc(S(=O)(=O)O)c5cc(S(=O)(=O)O)cc(S(=O)(=O)O)c45)ccc3C)c2)c1. The Labute approximate surface area is 622 Å². The smallest absolute Gasteiger partial charge is 0.328 e. The molecule has 0 aromatic heterocycles. The monoisotopic (exact) mass is 1630 g/mol. The molecule has 0 aliphatic heterocycles. The molecule has 0 aliphatic rings. The summed E-state index contributed by atoms with van der Waals surface area (Å²) in [6.45, 7) is 5.52. The van der Waals surface area contributed by atoms with Gasteiger partial charge < -0.3 is 58.7 Å². The highest BCUT2D eigenvalue weighted by molar-refractivity contribution is 7.88. The summed E-state index contributed by atoms with van der Waals surface area (Å²) < 4.78 is 211. The van der Waals surface area contributed by atoms with Crippen molar-refractivity contribution in [2.45, 2.75) is 101 Å². The Morgan fingerprint density at radius 1 is 0.394 bits per heavy atom. The molecule has 0 aliphatic carbocycles. The molecule has 2 atom stereocenters. The molecule has 0 bridgehead atoms. The lowest BCUT2D eigenvalue weighted by atomic mass is 10.1. The number of anilines is 6. The highest BCUT2D eigenvalue weighted by Gasteiger charge is 2.31. The van der Waals surface area contributed by atoms with Gasteiger partial charge in [-0.3, -0.25) is 56.1 Å². The highest BCUT2D eigenvalue weighted by Crippen LogP contribution is 2.39. The maximum Gasteiger partial charge on any atom is 0.328 e. The van der Waals surface area contributed by atoms with Crippen LogP contribution in [-0.4, -0.2) is 158 Å². The van der Waals surface area contributed by atoms with Crippen molar-refractivity contribution in [3.05, 3.63) is 167 Å². The minimum atomic E-state index is -5.45. The van der Waals surface area contributed by atoms with Gasteiger partial charge in [-0.05, 0) is 186 Å². The number of fused-ring (bicyclic) bond motifs is 2. The maximum absolute atomic E-state index is 13.7. The summed E-state index contributed by atoms with van der Waals surface area (Å²) in [5.41, 5.74) is 10.5. The molecular weight excluding hydrogens is 1560 g/mol. The van der Waals surface area contributed by atoms with Crippen molar-refractivity contribution in [2.75, 3.05) is 52.1 Å². The normalized spacial score (nSPS) is 12.4. The van der Waals surface area contributed by atoms with Crippen molar-refractivity contribution in [1.82, 2.24) is 10.6 Å². The maximum atomic E-state index is 13.7. The first-order valence-electron chi connectivity index (χ1n) is 31.6. The summed E-state index contributed by atoms with van der Waals surface area (Å²) >= 11 is 0. The lowest BCUT2D eigenvalue weighted by molar-refractivity contribution is -0.145. The Hall–Kier alpha value is -10.8. The molecule has 18 N–H and O–H groups in total. The van der Waals surface area contributed by atoms with Crippen molar-refractivity contribution in [1.29, 1.82) is 0 Å². The van der Waals surface area contributed by atoms with E-state index in [-0.39, 0.29) is 56.8 Å². The van der Waals surface area contributed by atoms with E-state index in [0.29, 0.717) is 86.3 Å². The molecule has 0 fully saturated rings. The van der Waals surface area contributed by atoms with Crippen LogP contribution in [0.3, 0.4) is 0 Å². The summed E-state index contributed by atoms with van der Waals surface area (Å²) in [5.74, 6) is -4.75. The second-order valence-corrected chi connectivity index (χ2v) is 32.2. The second kappa shape index (κ2) is 35.1. The molecular formula is C66H70N10O27S6. The van der Waals surface area contributed by atoms with Crippen LogP contribution in [0.1, 0.15) is 98.0 Å². The van der Waals surface area contributed by atoms with E-state index < -0.39 is 171 Å². The topological polar surface area (TPSA) is 620 Å². The van der Waals surface area contributed by atoms with Crippen LogP contribution in [0.15, 0.2) is 163 Å². The van der Waals surface area contributed by atoms with Crippen LogP contribution in [0.4, 0.5) is 38.9 Å². The van der Waals surface area contributed by atoms with Gasteiger partial charge in [0.05, 0.1) is 28.3 Å². The largest absolute Gasteiger partial charge is 0.467 e. The number of hydrogen-bond acceptors (Lipinski definition) is 23. The number of aryl methyl sites for hydroxylation is 2. The molecule has 0 spiro atoms. The van der Waals surface area contributed by atoms with Gasteiger partial charge in [0.15, 0.2) is 0 Å². The Bertz CT molecular complexity index is 5420. The van der Waals surface area contributed by atoms with Gasteiger partial charge in [0.2, 0.25) is 11.8 Å². The Morgan fingerprint density at radius 3 is 1.09 bits per heavy atom. The number of nitrogens with one attached hydrogen (secondary N) is 8. The third-order valence-electron chi connectivity index (χ3n) is 15.9. The summed E-state index contributed by atoms with van der Waals surface area (Å²) in [4.78, 5) is 96.2. The summed E-state index contributed by atoms with van der Waals surface area (Å²) in [6.07, 6.45) is 3.86. The summed E-state index contributed by atoms with van der Waals surface area (Å²) in [6, 6.07) is 21.1. The third kappa shape index (κ3) is 22.7. The molecule has 0 heterocycles. The van der Waals surface area contributed by atoms with Crippen LogP contribution in [0, 0.1) is 13.8 Å². The van der Waals surface area contributed by atoms with Crippen molar-refractivity contribution >= 4 is 164 Å². The standard InChI is InChI=1S/C51H40N6O23S6.C15H30N4O4/c1-25-9-11-29(49(60)54-37-13-15-41(83(69,70)71)35-21-33(81(63,64)65)23-43(45(35)37)85(75,76)77)19-39(25)56-47(58)27-5-3-7-31(17-27)52-51(62)53-32-8-4-6-28(18-32)48(59)57-40-20-30(12-10-26(40)2)50(61)55-38-14-16-42(84(72,73)74)36-22-34(82(66,67)68)24-44(46(36)38)86(78,79)80;1-11(20)18-12(7-3-5-9-16)14(21)19-13(15(22)23-2)8-4-6-10-17/h3-24H,1-2H3,(H,54,60)(H,55,61)(H,56,58)(H,57,59)(H2,52,53,62)(H,63,64,65)(H,66,67,68)(H,69,70,71)(H,72,73,74)(H,75,76,77)(H,78,79,80);12-13H,3-10,16-17H2,1-2H3,(H,18,20)(H,19,21). The van der Waals surface area contributed by atoms with Crippen molar-refractivity contribution < 1.29 is 121 Å². The predicted molar refractivity (Wildman–Crippen MR) is 394 cm³/mol. The zero-order valence-corrected chi connectivity index (χ0v) is 62.3. The number of nitrogens with two attached hydrogens (primary N) is 2. The molecule has 8 rings (SSSR count). The van der Waals surface area contributed by atoms with Crippen molar-refractivity contribution in [3.8, 4) is 0 Å². The number of urea groups is 1. The highest BCUT2D eigenvalue weighted by atomic mass is 32.2.